The topological polar surface area (TPSA) is 71.5 Å². The summed E-state index contributed by atoms with van der Waals surface area (Å²) in [6.45, 7) is 0.327. The van der Waals surface area contributed by atoms with Crippen molar-refractivity contribution >= 4 is 23.2 Å². The predicted molar refractivity (Wildman–Crippen MR) is 96.1 cm³/mol. The van der Waals surface area contributed by atoms with E-state index in [2.05, 4.69) is 10.3 Å². The third-order valence-electron chi connectivity index (χ3n) is 3.41. The molecule has 6 heteroatoms. The van der Waals surface area contributed by atoms with E-state index in [-0.39, 0.29) is 11.3 Å². The summed E-state index contributed by atoms with van der Waals surface area (Å²) in [7, 11) is 0. The predicted octanol–water partition coefficient (Wildman–Crippen LogP) is 4.27. The summed E-state index contributed by atoms with van der Waals surface area (Å²) in [6.07, 6.45) is 1.70. The normalized spacial score (nSPS) is 10.3. The van der Waals surface area contributed by atoms with E-state index in [1.807, 2.05) is 18.2 Å². The molecule has 3 aromatic rings. The minimum absolute atomic E-state index is 0.104. The molecule has 3 rings (SSSR count). The average Bonchev–Trinajstić information content (AvgIpc) is 2.63. The van der Waals surface area contributed by atoms with Crippen molar-refractivity contribution in [2.45, 2.75) is 6.61 Å². The molecule has 1 heterocycles. The van der Waals surface area contributed by atoms with Gasteiger partial charge in [0.2, 0.25) is 0 Å². The summed E-state index contributed by atoms with van der Waals surface area (Å²) in [6, 6.07) is 16.9. The Kier molecular flexibility index (Phi) is 5.16. The van der Waals surface area contributed by atoms with Crippen molar-refractivity contribution in [1.82, 2.24) is 4.98 Å². The molecule has 0 aliphatic carbocycles. The molecule has 0 unspecified atom stereocenters. The minimum Gasteiger partial charge on any atom is -0.507 e. The number of carbonyl (C=O) groups excluding carboxylic acids is 1. The lowest BCUT2D eigenvalue weighted by atomic mass is 10.2. The van der Waals surface area contributed by atoms with E-state index in [1.165, 1.54) is 18.2 Å². The van der Waals surface area contributed by atoms with Crippen molar-refractivity contribution in [2.75, 3.05) is 5.32 Å². The zero-order valence-electron chi connectivity index (χ0n) is 13.1. The number of nitrogens with one attached hydrogen (secondary N) is 1. The largest absolute Gasteiger partial charge is 0.507 e. The summed E-state index contributed by atoms with van der Waals surface area (Å²) < 4.78 is 5.68. The first-order chi connectivity index (χ1) is 12.1. The fourth-order valence-electron chi connectivity index (χ4n) is 2.19. The summed E-state index contributed by atoms with van der Waals surface area (Å²) in [5.41, 5.74) is 1.45. The van der Waals surface area contributed by atoms with Crippen molar-refractivity contribution in [3.8, 4) is 11.5 Å². The Morgan fingerprint density at radius 2 is 2.00 bits per heavy atom. The quantitative estimate of drug-likeness (QED) is 0.717. The highest BCUT2D eigenvalue weighted by Gasteiger charge is 2.12. The first kappa shape index (κ1) is 16.8. The van der Waals surface area contributed by atoms with Gasteiger partial charge in [0.25, 0.3) is 5.91 Å². The monoisotopic (exact) mass is 354 g/mol. The number of hydrogen-bond donors (Lipinski definition) is 2. The Balaban J connectivity index is 1.69. The van der Waals surface area contributed by atoms with Crippen LogP contribution < -0.4 is 10.1 Å². The fraction of sp³-hybridized carbons (Fsp3) is 0.0526. The molecule has 0 fully saturated rings. The molecule has 0 saturated carbocycles. The third kappa shape index (κ3) is 4.49. The number of rotatable bonds is 5. The molecule has 126 valence electrons. The second-order valence-electron chi connectivity index (χ2n) is 5.25. The molecule has 25 heavy (non-hydrogen) atoms. The van der Waals surface area contributed by atoms with Gasteiger partial charge in [0, 0.05) is 23.0 Å². The number of halogens is 1. The van der Waals surface area contributed by atoms with Crippen LogP contribution in [0.4, 0.5) is 5.69 Å². The maximum Gasteiger partial charge on any atom is 0.259 e. The van der Waals surface area contributed by atoms with Crippen LogP contribution in [0.5, 0.6) is 11.5 Å². The van der Waals surface area contributed by atoms with Crippen molar-refractivity contribution in [3.05, 3.63) is 83.1 Å². The number of ether oxygens (including phenoxy) is 1. The molecule has 0 saturated heterocycles. The molecule has 0 atom stereocenters. The molecule has 2 aromatic carbocycles. The minimum atomic E-state index is -0.457. The SMILES string of the molecule is O=C(Nc1cccc(OCc2ccccn2)c1)c1cc(Cl)ccc1O. The number of amides is 1. The van der Waals surface area contributed by atoms with E-state index in [1.54, 1.807) is 30.5 Å². The van der Waals surface area contributed by atoms with E-state index in [9.17, 15) is 9.90 Å². The van der Waals surface area contributed by atoms with Crippen LogP contribution in [0.15, 0.2) is 66.9 Å². The van der Waals surface area contributed by atoms with Gasteiger partial charge in [-0.25, -0.2) is 0 Å². The Hall–Kier alpha value is -3.05. The molecular formula is C19H15ClN2O3. The molecule has 0 spiro atoms. The molecule has 5 nitrogen and oxygen atoms in total. The van der Waals surface area contributed by atoms with Crippen LogP contribution in [0.2, 0.25) is 5.02 Å². The van der Waals surface area contributed by atoms with Crippen molar-refractivity contribution in [3.63, 3.8) is 0 Å². The number of phenolic OH excluding ortho intramolecular Hbond substituents is 1. The molecule has 2 N–H and O–H groups in total. The third-order valence-corrected chi connectivity index (χ3v) is 3.64. The first-order valence-corrected chi connectivity index (χ1v) is 7.92. The number of hydrogen-bond acceptors (Lipinski definition) is 4. The van der Waals surface area contributed by atoms with Gasteiger partial charge >= 0.3 is 0 Å². The van der Waals surface area contributed by atoms with E-state index in [0.29, 0.717) is 23.1 Å². The molecule has 0 bridgehead atoms. The number of carbonyl (C=O) groups is 1. The zero-order chi connectivity index (χ0) is 17.6. The van der Waals surface area contributed by atoms with Crippen LogP contribution in [-0.2, 0) is 6.61 Å². The zero-order valence-corrected chi connectivity index (χ0v) is 13.9. The smallest absolute Gasteiger partial charge is 0.259 e. The lowest BCUT2D eigenvalue weighted by Crippen LogP contribution is -2.12. The van der Waals surface area contributed by atoms with Gasteiger partial charge in [-0.3, -0.25) is 9.78 Å². The summed E-state index contributed by atoms with van der Waals surface area (Å²) in [5, 5.41) is 12.9. The maximum atomic E-state index is 12.3. The Morgan fingerprint density at radius 1 is 1.12 bits per heavy atom. The number of aromatic nitrogens is 1. The second-order valence-corrected chi connectivity index (χ2v) is 5.69. The van der Waals surface area contributed by atoms with Gasteiger partial charge < -0.3 is 15.2 Å². The van der Waals surface area contributed by atoms with Crippen LogP contribution >= 0.6 is 11.6 Å². The molecular weight excluding hydrogens is 340 g/mol. The number of nitrogens with zero attached hydrogens (tertiary/aromatic N) is 1. The van der Waals surface area contributed by atoms with Crippen LogP contribution in [0.25, 0.3) is 0 Å². The lowest BCUT2D eigenvalue weighted by molar-refractivity contribution is 0.102. The van der Waals surface area contributed by atoms with Gasteiger partial charge in [0.05, 0.1) is 11.3 Å². The summed E-state index contributed by atoms with van der Waals surface area (Å²) in [5.74, 6) is 0.00472. The van der Waals surface area contributed by atoms with Crippen molar-refractivity contribution in [2.24, 2.45) is 0 Å². The molecule has 0 radical (unpaired) electrons. The second kappa shape index (κ2) is 7.68. The highest BCUT2D eigenvalue weighted by atomic mass is 35.5. The maximum absolute atomic E-state index is 12.3. The number of aromatic hydroxyl groups is 1. The van der Waals surface area contributed by atoms with Gasteiger partial charge in [-0.2, -0.15) is 0 Å². The average molecular weight is 355 g/mol. The van der Waals surface area contributed by atoms with E-state index in [4.69, 9.17) is 16.3 Å². The standard InChI is InChI=1S/C19H15ClN2O3/c20-13-7-8-18(23)17(10-13)19(24)22-14-5-3-6-16(11-14)25-12-15-4-1-2-9-21-15/h1-11,23H,12H2,(H,22,24). The number of phenols is 1. The Morgan fingerprint density at radius 3 is 2.80 bits per heavy atom. The highest BCUT2D eigenvalue weighted by molar-refractivity contribution is 6.31. The molecule has 1 amide bonds. The van der Waals surface area contributed by atoms with Crippen molar-refractivity contribution in [1.29, 1.82) is 0 Å². The molecule has 0 aliphatic heterocycles. The van der Waals surface area contributed by atoms with Crippen molar-refractivity contribution < 1.29 is 14.6 Å². The van der Waals surface area contributed by atoms with Gasteiger partial charge in [0.15, 0.2) is 0 Å². The van der Waals surface area contributed by atoms with Gasteiger partial charge in [-0.15, -0.1) is 0 Å². The van der Waals surface area contributed by atoms with Crippen LogP contribution in [-0.4, -0.2) is 16.0 Å². The molecule has 1 aromatic heterocycles. The van der Waals surface area contributed by atoms with E-state index >= 15 is 0 Å². The van der Waals surface area contributed by atoms with Crippen LogP contribution in [0.1, 0.15) is 16.1 Å². The first-order valence-electron chi connectivity index (χ1n) is 7.54. The molecule has 0 aliphatic rings. The number of pyridine rings is 1. The number of anilines is 1. The number of benzene rings is 2. The van der Waals surface area contributed by atoms with E-state index < -0.39 is 5.91 Å². The van der Waals surface area contributed by atoms with Crippen LogP contribution in [0, 0.1) is 0 Å². The van der Waals surface area contributed by atoms with Gasteiger partial charge in [-0.1, -0.05) is 23.7 Å². The lowest BCUT2D eigenvalue weighted by Gasteiger charge is -2.10. The summed E-state index contributed by atoms with van der Waals surface area (Å²) >= 11 is 5.87. The Bertz CT molecular complexity index is 885. The van der Waals surface area contributed by atoms with Crippen LogP contribution in [0.3, 0.4) is 0 Å². The van der Waals surface area contributed by atoms with Gasteiger partial charge in [0.1, 0.15) is 18.1 Å². The Labute approximate surface area is 149 Å². The fourth-order valence-corrected chi connectivity index (χ4v) is 2.37. The van der Waals surface area contributed by atoms with Gasteiger partial charge in [-0.05, 0) is 42.5 Å². The van der Waals surface area contributed by atoms with E-state index in [0.717, 1.165) is 5.69 Å². The summed E-state index contributed by atoms with van der Waals surface area (Å²) in [4.78, 5) is 16.5. The highest BCUT2D eigenvalue weighted by Crippen LogP contribution is 2.24.